The number of hydrogen-bond acceptors (Lipinski definition) is 4. The number of aryl methyl sites for hydroxylation is 1. The van der Waals surface area contributed by atoms with E-state index in [0.717, 1.165) is 6.42 Å². The van der Waals surface area contributed by atoms with Crippen LogP contribution in [0.25, 0.3) is 0 Å². The van der Waals surface area contributed by atoms with Crippen molar-refractivity contribution in [2.24, 2.45) is 0 Å². The van der Waals surface area contributed by atoms with Gasteiger partial charge in [-0.25, -0.2) is 12.8 Å². The lowest BCUT2D eigenvalue weighted by Crippen LogP contribution is -2.49. The number of halogens is 1. The average Bonchev–Trinajstić information content (AvgIpc) is 2.70. The van der Waals surface area contributed by atoms with Crippen LogP contribution in [0.4, 0.5) is 10.1 Å². The third-order valence-corrected chi connectivity index (χ3v) is 6.99. The molecule has 0 aliphatic carbocycles. The Kier molecular flexibility index (Phi) is 6.14. The minimum absolute atomic E-state index is 0.0418. The van der Waals surface area contributed by atoms with Gasteiger partial charge in [0.15, 0.2) is 5.78 Å². The molecule has 1 fully saturated rings. The highest BCUT2D eigenvalue weighted by molar-refractivity contribution is 7.89. The van der Waals surface area contributed by atoms with Crippen LogP contribution in [0.2, 0.25) is 0 Å². The lowest BCUT2D eigenvalue weighted by molar-refractivity contribution is -0.120. The maximum absolute atomic E-state index is 13.3. The molecule has 1 aliphatic heterocycles. The van der Waals surface area contributed by atoms with Gasteiger partial charge < -0.3 is 5.32 Å². The van der Waals surface area contributed by atoms with Gasteiger partial charge in [-0.3, -0.25) is 9.59 Å². The van der Waals surface area contributed by atoms with E-state index in [4.69, 9.17) is 0 Å². The highest BCUT2D eigenvalue weighted by atomic mass is 32.2. The van der Waals surface area contributed by atoms with E-state index in [1.165, 1.54) is 53.7 Å². The number of hydrogen-bond donors (Lipinski definition) is 1. The molecule has 1 unspecified atom stereocenters. The van der Waals surface area contributed by atoms with Crippen molar-refractivity contribution in [1.82, 2.24) is 4.31 Å². The summed E-state index contributed by atoms with van der Waals surface area (Å²) in [6.07, 6.45) is 1.79. The summed E-state index contributed by atoms with van der Waals surface area (Å²) in [6.45, 7) is 3.31. The summed E-state index contributed by atoms with van der Waals surface area (Å²) in [7, 11) is -3.91. The van der Waals surface area contributed by atoms with Gasteiger partial charge in [0.25, 0.3) is 0 Å². The monoisotopic (exact) mass is 418 g/mol. The van der Waals surface area contributed by atoms with Gasteiger partial charge in [0.2, 0.25) is 15.9 Å². The summed E-state index contributed by atoms with van der Waals surface area (Å²) in [4.78, 5) is 24.4. The van der Waals surface area contributed by atoms with Crippen LogP contribution in [-0.2, 0) is 14.8 Å². The van der Waals surface area contributed by atoms with Gasteiger partial charge in [0.1, 0.15) is 11.9 Å². The Bertz CT molecular complexity index is 1040. The van der Waals surface area contributed by atoms with Crippen molar-refractivity contribution in [1.29, 1.82) is 0 Å². The van der Waals surface area contributed by atoms with E-state index in [2.05, 4.69) is 5.32 Å². The van der Waals surface area contributed by atoms with E-state index >= 15 is 0 Å². The number of amides is 1. The molecule has 1 atom stereocenters. The minimum atomic E-state index is -3.91. The summed E-state index contributed by atoms with van der Waals surface area (Å²) in [6, 6.07) is 8.87. The Morgan fingerprint density at radius 3 is 2.41 bits per heavy atom. The predicted octanol–water partition coefficient (Wildman–Crippen LogP) is 3.52. The quantitative estimate of drug-likeness (QED) is 0.753. The topological polar surface area (TPSA) is 83.6 Å². The number of carbonyl (C=O) groups excluding carboxylic acids is 2. The maximum Gasteiger partial charge on any atom is 0.243 e. The van der Waals surface area contributed by atoms with Gasteiger partial charge in [-0.1, -0.05) is 18.6 Å². The van der Waals surface area contributed by atoms with E-state index < -0.39 is 27.8 Å². The molecular weight excluding hydrogens is 395 g/mol. The molecule has 0 spiro atoms. The molecule has 1 amide bonds. The van der Waals surface area contributed by atoms with Crippen LogP contribution in [-0.4, -0.2) is 37.0 Å². The molecule has 1 saturated heterocycles. The van der Waals surface area contributed by atoms with Crippen LogP contribution in [0.1, 0.15) is 42.1 Å². The maximum atomic E-state index is 13.3. The fourth-order valence-electron chi connectivity index (χ4n) is 3.44. The zero-order chi connectivity index (χ0) is 21.2. The Morgan fingerprint density at radius 2 is 1.79 bits per heavy atom. The lowest BCUT2D eigenvalue weighted by atomic mass is 10.0. The fourth-order valence-corrected chi connectivity index (χ4v) is 5.09. The molecule has 2 aromatic carbocycles. The van der Waals surface area contributed by atoms with E-state index in [-0.39, 0.29) is 17.2 Å². The summed E-state index contributed by atoms with van der Waals surface area (Å²) in [5.74, 6) is -1.00. The van der Waals surface area contributed by atoms with Crippen LogP contribution in [0, 0.1) is 12.7 Å². The first-order valence-corrected chi connectivity index (χ1v) is 10.8. The highest BCUT2D eigenvalue weighted by Gasteiger charge is 2.37. The van der Waals surface area contributed by atoms with E-state index in [1.807, 2.05) is 0 Å². The summed E-state index contributed by atoms with van der Waals surface area (Å²) < 4.78 is 40.8. The van der Waals surface area contributed by atoms with E-state index in [9.17, 15) is 22.4 Å². The number of ketones is 1. The number of piperidine rings is 1. The zero-order valence-corrected chi connectivity index (χ0v) is 17.1. The Balaban J connectivity index is 1.86. The van der Waals surface area contributed by atoms with Gasteiger partial charge in [0.05, 0.1) is 4.90 Å². The number of nitrogens with zero attached hydrogens (tertiary/aromatic N) is 1. The second-order valence-corrected chi connectivity index (χ2v) is 9.05. The Hall–Kier alpha value is -2.58. The lowest BCUT2D eigenvalue weighted by Gasteiger charge is -2.33. The molecule has 1 heterocycles. The van der Waals surface area contributed by atoms with E-state index in [0.29, 0.717) is 29.7 Å². The summed E-state index contributed by atoms with van der Waals surface area (Å²) in [5.41, 5.74) is 1.43. The number of benzene rings is 2. The van der Waals surface area contributed by atoms with Gasteiger partial charge in [-0.15, -0.1) is 0 Å². The van der Waals surface area contributed by atoms with Crippen molar-refractivity contribution >= 4 is 27.4 Å². The first-order chi connectivity index (χ1) is 13.7. The molecule has 1 aliphatic rings. The Morgan fingerprint density at radius 1 is 1.10 bits per heavy atom. The molecule has 154 valence electrons. The second-order valence-electron chi connectivity index (χ2n) is 7.16. The first-order valence-electron chi connectivity index (χ1n) is 9.40. The van der Waals surface area contributed by atoms with Crippen LogP contribution in [0.3, 0.4) is 0 Å². The van der Waals surface area contributed by atoms with Crippen molar-refractivity contribution in [3.63, 3.8) is 0 Å². The van der Waals surface area contributed by atoms with Gasteiger partial charge >= 0.3 is 0 Å². The van der Waals surface area contributed by atoms with Crippen molar-refractivity contribution < 1.29 is 22.4 Å². The van der Waals surface area contributed by atoms with Gasteiger partial charge in [0, 0.05) is 17.8 Å². The van der Waals surface area contributed by atoms with Crippen LogP contribution < -0.4 is 5.32 Å². The molecule has 0 bridgehead atoms. The zero-order valence-electron chi connectivity index (χ0n) is 16.3. The molecule has 1 N–H and O–H groups in total. The van der Waals surface area contributed by atoms with Crippen molar-refractivity contribution in [3.05, 3.63) is 59.4 Å². The fraction of sp³-hybridized carbons (Fsp3) is 0.333. The molecule has 6 nitrogen and oxygen atoms in total. The van der Waals surface area contributed by atoms with Crippen molar-refractivity contribution in [3.8, 4) is 0 Å². The molecule has 0 aromatic heterocycles. The smallest absolute Gasteiger partial charge is 0.243 e. The number of anilines is 1. The number of sulfonamides is 1. The minimum Gasteiger partial charge on any atom is -0.324 e. The highest BCUT2D eigenvalue weighted by Crippen LogP contribution is 2.27. The Labute approximate surface area is 169 Å². The van der Waals surface area contributed by atoms with Crippen LogP contribution in [0.15, 0.2) is 47.4 Å². The van der Waals surface area contributed by atoms with Crippen molar-refractivity contribution in [2.45, 2.75) is 44.0 Å². The number of rotatable bonds is 5. The third kappa shape index (κ3) is 4.54. The number of nitrogens with one attached hydrogen (secondary N) is 1. The predicted molar refractivity (Wildman–Crippen MR) is 108 cm³/mol. The van der Waals surface area contributed by atoms with Crippen LogP contribution >= 0.6 is 0 Å². The van der Waals surface area contributed by atoms with Crippen molar-refractivity contribution in [2.75, 3.05) is 11.9 Å². The molecule has 29 heavy (non-hydrogen) atoms. The van der Waals surface area contributed by atoms with Gasteiger partial charge in [-0.05, 0) is 62.6 Å². The molecule has 2 aromatic rings. The molecule has 0 radical (unpaired) electrons. The number of Topliss-reactive ketones (excluding diaryl/α,β-unsaturated/α-hetero) is 1. The average molecular weight is 418 g/mol. The second kappa shape index (κ2) is 8.42. The SMILES string of the molecule is CC(=O)c1ccc(S(=O)(=O)N2CCCCC2C(=O)Nc2ccc(F)cc2C)cc1. The third-order valence-electron chi connectivity index (χ3n) is 5.07. The number of carbonyl (C=O) groups is 2. The summed E-state index contributed by atoms with van der Waals surface area (Å²) in [5, 5.41) is 2.73. The molecular formula is C21H23FN2O4S. The van der Waals surface area contributed by atoms with Crippen LogP contribution in [0.5, 0.6) is 0 Å². The normalized spacial score (nSPS) is 17.7. The standard InChI is InChI=1S/C21H23FN2O4S/c1-14-13-17(22)8-11-19(14)23-21(26)20-5-3-4-12-24(20)29(27,28)18-9-6-16(7-10-18)15(2)25/h6-11,13,20H,3-5,12H2,1-2H3,(H,23,26). The molecule has 8 heteroatoms. The van der Waals surface area contributed by atoms with Gasteiger partial charge in [-0.2, -0.15) is 4.31 Å². The van der Waals surface area contributed by atoms with E-state index in [1.54, 1.807) is 6.92 Å². The molecule has 0 saturated carbocycles. The summed E-state index contributed by atoms with van der Waals surface area (Å²) >= 11 is 0. The first kappa shape index (κ1) is 21.1. The molecule has 3 rings (SSSR count). The largest absolute Gasteiger partial charge is 0.324 e.